The van der Waals surface area contributed by atoms with Crippen LogP contribution in [0.4, 0.5) is 0 Å². The fourth-order valence-electron chi connectivity index (χ4n) is 3.54. The summed E-state index contributed by atoms with van der Waals surface area (Å²) < 4.78 is 2.19. The van der Waals surface area contributed by atoms with Crippen molar-refractivity contribution in [3.8, 4) is 11.3 Å². The molecular weight excluding hydrogens is 270 g/mol. The third-order valence-electron chi connectivity index (χ3n) is 4.61. The van der Waals surface area contributed by atoms with Crippen LogP contribution in [0, 0.1) is 0 Å². The summed E-state index contributed by atoms with van der Waals surface area (Å²) in [6, 6.07) is 13.1. The Bertz CT molecular complexity index is 817. The fraction of sp³-hybridized carbons (Fsp3) is 0.316. The molecule has 0 aliphatic heterocycles. The summed E-state index contributed by atoms with van der Waals surface area (Å²) in [5, 5.41) is 0. The van der Waals surface area contributed by atoms with Crippen LogP contribution in [-0.2, 0) is 19.3 Å². The summed E-state index contributed by atoms with van der Waals surface area (Å²) in [5.41, 5.74) is 13.4. The smallest absolute Gasteiger partial charge is 0.137 e. The quantitative estimate of drug-likeness (QED) is 0.804. The van der Waals surface area contributed by atoms with E-state index in [-0.39, 0.29) is 0 Å². The van der Waals surface area contributed by atoms with E-state index in [9.17, 15) is 0 Å². The van der Waals surface area contributed by atoms with E-state index >= 15 is 0 Å². The Labute approximate surface area is 130 Å². The topological polar surface area (TPSA) is 43.3 Å². The highest BCUT2D eigenvalue weighted by atomic mass is 15.0. The molecule has 0 amide bonds. The van der Waals surface area contributed by atoms with Gasteiger partial charge in [0.05, 0.1) is 11.4 Å². The van der Waals surface area contributed by atoms with Crippen molar-refractivity contribution in [3.63, 3.8) is 0 Å². The van der Waals surface area contributed by atoms with Gasteiger partial charge < -0.3 is 5.73 Å². The van der Waals surface area contributed by atoms with Crippen LogP contribution in [-0.4, -0.2) is 15.9 Å². The summed E-state index contributed by atoms with van der Waals surface area (Å²) in [6.07, 6.45) is 7.95. The summed E-state index contributed by atoms with van der Waals surface area (Å²) in [6.45, 7) is 0.627. The van der Waals surface area contributed by atoms with Crippen molar-refractivity contribution in [1.29, 1.82) is 0 Å². The minimum Gasteiger partial charge on any atom is -0.330 e. The van der Waals surface area contributed by atoms with Crippen molar-refractivity contribution in [2.24, 2.45) is 5.73 Å². The number of aromatic nitrogens is 2. The molecule has 1 aliphatic carbocycles. The molecule has 0 spiro atoms. The molecule has 0 fully saturated rings. The van der Waals surface area contributed by atoms with Gasteiger partial charge in [-0.1, -0.05) is 18.2 Å². The number of hydrogen-bond donors (Lipinski definition) is 1. The van der Waals surface area contributed by atoms with Gasteiger partial charge in [0.25, 0.3) is 0 Å². The molecule has 2 aromatic heterocycles. The van der Waals surface area contributed by atoms with Crippen molar-refractivity contribution in [1.82, 2.24) is 9.38 Å². The maximum absolute atomic E-state index is 5.79. The Balaban J connectivity index is 1.90. The Hall–Kier alpha value is -2.13. The largest absolute Gasteiger partial charge is 0.330 e. The zero-order valence-corrected chi connectivity index (χ0v) is 12.8. The van der Waals surface area contributed by atoms with Gasteiger partial charge in [-0.15, -0.1) is 0 Å². The zero-order chi connectivity index (χ0) is 14.9. The highest BCUT2D eigenvalue weighted by Crippen LogP contribution is 2.30. The van der Waals surface area contributed by atoms with E-state index in [1.165, 1.54) is 48.1 Å². The lowest BCUT2D eigenvalue weighted by Gasteiger charge is -2.17. The molecule has 0 saturated heterocycles. The van der Waals surface area contributed by atoms with Crippen LogP contribution in [0.3, 0.4) is 0 Å². The highest BCUT2D eigenvalue weighted by Gasteiger charge is 2.16. The van der Waals surface area contributed by atoms with Gasteiger partial charge in [-0.25, -0.2) is 4.98 Å². The molecule has 0 unspecified atom stereocenters. The monoisotopic (exact) mass is 291 g/mol. The molecule has 2 N–H and O–H groups in total. The lowest BCUT2D eigenvalue weighted by Crippen LogP contribution is -2.05. The zero-order valence-electron chi connectivity index (χ0n) is 12.8. The van der Waals surface area contributed by atoms with Crippen LogP contribution in [0.1, 0.15) is 29.7 Å². The average Bonchev–Trinajstić information content (AvgIpc) is 2.93. The lowest BCUT2D eigenvalue weighted by atomic mass is 9.89. The Kier molecular flexibility index (Phi) is 3.43. The number of rotatable bonds is 3. The average molecular weight is 291 g/mol. The molecule has 1 aromatic carbocycles. The first-order chi connectivity index (χ1) is 10.9. The van der Waals surface area contributed by atoms with Crippen LogP contribution in [0.2, 0.25) is 0 Å². The summed E-state index contributed by atoms with van der Waals surface area (Å²) >= 11 is 0. The number of fused-ring (bicyclic) bond motifs is 2. The van der Waals surface area contributed by atoms with Gasteiger partial charge in [-0.05, 0) is 61.6 Å². The Morgan fingerprint density at radius 3 is 2.77 bits per heavy atom. The molecule has 0 bridgehead atoms. The maximum Gasteiger partial charge on any atom is 0.137 e. The first-order valence-electron chi connectivity index (χ1n) is 8.15. The molecule has 3 aromatic rings. The number of benzene rings is 1. The number of hydrogen-bond acceptors (Lipinski definition) is 2. The van der Waals surface area contributed by atoms with Gasteiger partial charge in [-0.2, -0.15) is 0 Å². The van der Waals surface area contributed by atoms with Gasteiger partial charge in [0.1, 0.15) is 5.65 Å². The van der Waals surface area contributed by atoms with Gasteiger partial charge in [0, 0.05) is 18.2 Å². The van der Waals surface area contributed by atoms with Crippen molar-refractivity contribution < 1.29 is 0 Å². The van der Waals surface area contributed by atoms with Gasteiger partial charge in [-0.3, -0.25) is 4.40 Å². The van der Waals surface area contributed by atoms with Crippen LogP contribution < -0.4 is 5.73 Å². The summed E-state index contributed by atoms with van der Waals surface area (Å²) in [7, 11) is 0. The van der Waals surface area contributed by atoms with Gasteiger partial charge in [0.15, 0.2) is 0 Å². The van der Waals surface area contributed by atoms with Crippen LogP contribution >= 0.6 is 0 Å². The van der Waals surface area contributed by atoms with E-state index < -0.39 is 0 Å². The third-order valence-corrected chi connectivity index (χ3v) is 4.61. The number of aryl methyl sites for hydroxylation is 2. The van der Waals surface area contributed by atoms with Crippen LogP contribution in [0.5, 0.6) is 0 Å². The predicted molar refractivity (Wildman–Crippen MR) is 90.0 cm³/mol. The molecule has 4 rings (SSSR count). The normalized spacial score (nSPS) is 14.2. The molecule has 112 valence electrons. The number of imidazole rings is 1. The number of nitrogens with zero attached hydrogens (tertiary/aromatic N) is 2. The molecule has 22 heavy (non-hydrogen) atoms. The van der Waals surface area contributed by atoms with Crippen LogP contribution in [0.25, 0.3) is 16.9 Å². The first kappa shape index (κ1) is 13.5. The number of pyridine rings is 1. The Morgan fingerprint density at radius 2 is 1.91 bits per heavy atom. The standard InChI is InChI=1S/C19H21N3/c20-11-10-17-19(22-12-4-3-7-18(22)21-17)16-9-8-14-5-1-2-6-15(14)13-16/h3-4,7-9,12-13H,1-2,5-6,10-11,20H2. The van der Waals surface area contributed by atoms with Crippen molar-refractivity contribution in [2.75, 3.05) is 6.54 Å². The van der Waals surface area contributed by atoms with Gasteiger partial charge >= 0.3 is 0 Å². The van der Waals surface area contributed by atoms with E-state index in [0.717, 1.165) is 17.8 Å². The molecule has 3 heteroatoms. The second kappa shape index (κ2) is 5.58. The predicted octanol–water partition coefficient (Wildman–Crippen LogP) is 3.38. The van der Waals surface area contributed by atoms with E-state index in [1.54, 1.807) is 0 Å². The van der Waals surface area contributed by atoms with Crippen molar-refractivity contribution >= 4 is 5.65 Å². The third kappa shape index (κ3) is 2.22. The molecule has 0 atom stereocenters. The maximum atomic E-state index is 5.79. The van der Waals surface area contributed by atoms with Crippen LogP contribution in [0.15, 0.2) is 42.6 Å². The van der Waals surface area contributed by atoms with E-state index in [4.69, 9.17) is 10.7 Å². The molecular formula is C19H21N3. The second-order valence-corrected chi connectivity index (χ2v) is 6.07. The van der Waals surface area contributed by atoms with Crippen molar-refractivity contribution in [3.05, 3.63) is 59.4 Å². The lowest BCUT2D eigenvalue weighted by molar-refractivity contribution is 0.686. The van der Waals surface area contributed by atoms with E-state index in [1.807, 2.05) is 6.07 Å². The summed E-state index contributed by atoms with van der Waals surface area (Å²) in [5.74, 6) is 0. The summed E-state index contributed by atoms with van der Waals surface area (Å²) in [4.78, 5) is 4.77. The number of nitrogens with two attached hydrogens (primary N) is 1. The highest BCUT2D eigenvalue weighted by molar-refractivity contribution is 5.68. The van der Waals surface area contributed by atoms with Crippen molar-refractivity contribution in [2.45, 2.75) is 32.1 Å². The SMILES string of the molecule is NCCc1nc2ccccn2c1-c1ccc2c(c1)CCCC2. The second-order valence-electron chi connectivity index (χ2n) is 6.07. The Morgan fingerprint density at radius 1 is 1.05 bits per heavy atom. The molecule has 3 nitrogen and oxygen atoms in total. The molecule has 0 saturated carbocycles. The van der Waals surface area contributed by atoms with E-state index in [2.05, 4.69) is 40.9 Å². The fourth-order valence-corrected chi connectivity index (χ4v) is 3.54. The molecule has 1 aliphatic rings. The van der Waals surface area contributed by atoms with E-state index in [0.29, 0.717) is 6.54 Å². The van der Waals surface area contributed by atoms with Gasteiger partial charge in [0.2, 0.25) is 0 Å². The minimum atomic E-state index is 0.627. The minimum absolute atomic E-state index is 0.627. The first-order valence-corrected chi connectivity index (χ1v) is 8.15. The molecule has 0 radical (unpaired) electrons. The molecule has 2 heterocycles.